The molecule has 2 aliphatic rings. The lowest BCUT2D eigenvalue weighted by Gasteiger charge is -2.33. The summed E-state index contributed by atoms with van der Waals surface area (Å²) in [6.07, 6.45) is 3.44. The SMILES string of the molecule is CCC(Sc1nc2c(cc1C#N)CC(c1ccccc1)CC2)C(=O)N1c2ccccc2Sc2ccccc21. The van der Waals surface area contributed by atoms with E-state index in [9.17, 15) is 10.1 Å². The second-order valence-electron chi connectivity index (χ2n) is 9.64. The van der Waals surface area contributed by atoms with Crippen molar-refractivity contribution in [2.45, 2.75) is 58.6 Å². The molecule has 0 saturated carbocycles. The zero-order chi connectivity index (χ0) is 26.1. The summed E-state index contributed by atoms with van der Waals surface area (Å²) in [6.45, 7) is 2.03. The molecule has 2 atom stereocenters. The van der Waals surface area contributed by atoms with Gasteiger partial charge in [-0.2, -0.15) is 5.26 Å². The van der Waals surface area contributed by atoms with Crippen LogP contribution in [0, 0.1) is 11.3 Å². The summed E-state index contributed by atoms with van der Waals surface area (Å²) in [4.78, 5) is 23.1. The number of rotatable bonds is 5. The Morgan fingerprint density at radius 1 is 1.05 bits per heavy atom. The second kappa shape index (κ2) is 10.7. The molecule has 0 radical (unpaired) electrons. The summed E-state index contributed by atoms with van der Waals surface area (Å²) in [6, 6.07) is 31.1. The minimum absolute atomic E-state index is 0.0188. The summed E-state index contributed by atoms with van der Waals surface area (Å²) in [5.41, 5.74) is 5.93. The average molecular weight is 534 g/mol. The number of thioether (sulfide) groups is 1. The number of fused-ring (bicyclic) bond motifs is 3. The van der Waals surface area contributed by atoms with Gasteiger partial charge in [0.25, 0.3) is 0 Å². The molecule has 3 aromatic carbocycles. The smallest absolute Gasteiger partial charge is 0.245 e. The lowest BCUT2D eigenvalue weighted by atomic mass is 9.82. The van der Waals surface area contributed by atoms with Crippen LogP contribution >= 0.6 is 23.5 Å². The molecule has 1 amide bonds. The molecule has 0 saturated heterocycles. The molecule has 0 fully saturated rings. The van der Waals surface area contributed by atoms with Crippen LogP contribution in [-0.4, -0.2) is 16.1 Å². The van der Waals surface area contributed by atoms with Crippen molar-refractivity contribution in [1.29, 1.82) is 5.26 Å². The monoisotopic (exact) mass is 533 g/mol. The van der Waals surface area contributed by atoms with Crippen molar-refractivity contribution in [2.24, 2.45) is 0 Å². The Balaban J connectivity index is 1.30. The number of aryl methyl sites for hydroxylation is 1. The molecule has 6 heteroatoms. The van der Waals surface area contributed by atoms with E-state index in [1.165, 1.54) is 17.3 Å². The molecule has 2 heterocycles. The lowest BCUT2D eigenvalue weighted by Crippen LogP contribution is -2.35. The van der Waals surface area contributed by atoms with Crippen LogP contribution in [0.4, 0.5) is 11.4 Å². The van der Waals surface area contributed by atoms with Crippen molar-refractivity contribution in [3.05, 3.63) is 107 Å². The predicted molar refractivity (Wildman–Crippen MR) is 154 cm³/mol. The quantitative estimate of drug-likeness (QED) is 0.244. The number of hydrogen-bond donors (Lipinski definition) is 0. The maximum atomic E-state index is 14.1. The Morgan fingerprint density at radius 2 is 1.71 bits per heavy atom. The van der Waals surface area contributed by atoms with Crippen LogP contribution in [0.15, 0.2) is 99.7 Å². The Bertz CT molecular complexity index is 1500. The topological polar surface area (TPSA) is 57.0 Å². The zero-order valence-corrected chi connectivity index (χ0v) is 22.8. The molecular weight excluding hydrogens is 507 g/mol. The highest BCUT2D eigenvalue weighted by molar-refractivity contribution is 8.00. The van der Waals surface area contributed by atoms with Crippen LogP contribution in [0.1, 0.15) is 48.1 Å². The number of anilines is 2. The van der Waals surface area contributed by atoms with Gasteiger partial charge in [0.2, 0.25) is 5.91 Å². The number of pyridine rings is 1. The standard InChI is InChI=1S/C32H27N3OS2/c1-2-28(32(36)35-26-12-6-8-14-29(26)37-30-15-9-7-13-27(30)35)38-31-24(20-33)19-23-18-22(16-17-25(23)34-31)21-10-4-3-5-11-21/h3-15,19,22,28H,2,16-18H2,1H3. The van der Waals surface area contributed by atoms with Gasteiger partial charge >= 0.3 is 0 Å². The van der Waals surface area contributed by atoms with Crippen molar-refractivity contribution in [2.75, 3.05) is 4.90 Å². The van der Waals surface area contributed by atoms with Crippen LogP contribution in [0.2, 0.25) is 0 Å². The summed E-state index contributed by atoms with van der Waals surface area (Å²) >= 11 is 3.12. The van der Waals surface area contributed by atoms with Crippen LogP contribution < -0.4 is 4.90 Å². The van der Waals surface area contributed by atoms with E-state index in [1.54, 1.807) is 11.8 Å². The van der Waals surface area contributed by atoms with E-state index >= 15 is 0 Å². The highest BCUT2D eigenvalue weighted by atomic mass is 32.2. The minimum Gasteiger partial charge on any atom is -0.278 e. The molecule has 188 valence electrons. The average Bonchev–Trinajstić information content (AvgIpc) is 2.98. The molecule has 1 aliphatic heterocycles. The van der Waals surface area contributed by atoms with Gasteiger partial charge in [0.15, 0.2) is 0 Å². The molecule has 0 spiro atoms. The number of nitrogens with zero attached hydrogens (tertiary/aromatic N) is 3. The first-order valence-electron chi connectivity index (χ1n) is 13.0. The van der Waals surface area contributed by atoms with Gasteiger partial charge in [-0.05, 0) is 73.1 Å². The molecule has 2 unspecified atom stereocenters. The fourth-order valence-electron chi connectivity index (χ4n) is 5.35. The highest BCUT2D eigenvalue weighted by Gasteiger charge is 2.33. The number of hydrogen-bond acceptors (Lipinski definition) is 5. The van der Waals surface area contributed by atoms with Crippen LogP contribution in [0.25, 0.3) is 0 Å². The van der Waals surface area contributed by atoms with Gasteiger partial charge in [0.1, 0.15) is 11.1 Å². The van der Waals surface area contributed by atoms with Gasteiger partial charge in [-0.1, -0.05) is 85.0 Å². The lowest BCUT2D eigenvalue weighted by molar-refractivity contribution is -0.117. The molecule has 1 aliphatic carbocycles. The van der Waals surface area contributed by atoms with Gasteiger partial charge in [0, 0.05) is 15.5 Å². The molecular formula is C32H27N3OS2. The number of carbonyl (C=O) groups is 1. The first kappa shape index (κ1) is 24.8. The Morgan fingerprint density at radius 3 is 2.37 bits per heavy atom. The van der Waals surface area contributed by atoms with Crippen LogP contribution in [0.5, 0.6) is 0 Å². The third kappa shape index (κ3) is 4.62. The minimum atomic E-state index is -0.363. The van der Waals surface area contributed by atoms with E-state index in [0.29, 0.717) is 22.9 Å². The summed E-state index contributed by atoms with van der Waals surface area (Å²) in [5.74, 6) is 0.461. The van der Waals surface area contributed by atoms with Crippen molar-refractivity contribution >= 4 is 40.8 Å². The molecule has 0 N–H and O–H groups in total. The first-order valence-corrected chi connectivity index (χ1v) is 14.7. The van der Waals surface area contributed by atoms with Gasteiger partial charge in [-0.25, -0.2) is 4.98 Å². The highest BCUT2D eigenvalue weighted by Crippen LogP contribution is 2.49. The molecule has 6 rings (SSSR count). The van der Waals surface area contributed by atoms with E-state index in [2.05, 4.69) is 42.5 Å². The third-order valence-electron chi connectivity index (χ3n) is 7.30. The van der Waals surface area contributed by atoms with Crippen molar-refractivity contribution in [3.8, 4) is 6.07 Å². The van der Waals surface area contributed by atoms with Gasteiger partial charge < -0.3 is 0 Å². The van der Waals surface area contributed by atoms with E-state index in [0.717, 1.165) is 51.7 Å². The van der Waals surface area contributed by atoms with Crippen molar-refractivity contribution < 1.29 is 4.79 Å². The normalized spacial score (nSPS) is 16.5. The fraction of sp³-hybridized carbons (Fsp3) is 0.219. The maximum Gasteiger partial charge on any atom is 0.245 e. The van der Waals surface area contributed by atoms with Gasteiger partial charge in [0.05, 0.1) is 22.2 Å². The summed E-state index contributed by atoms with van der Waals surface area (Å²) < 4.78 is 0. The Labute approximate surface area is 232 Å². The maximum absolute atomic E-state index is 14.1. The van der Waals surface area contributed by atoms with Crippen LogP contribution in [0.3, 0.4) is 0 Å². The Kier molecular flexibility index (Phi) is 6.97. The second-order valence-corrected chi connectivity index (χ2v) is 11.9. The molecule has 1 aromatic heterocycles. The largest absolute Gasteiger partial charge is 0.278 e. The van der Waals surface area contributed by atoms with Crippen molar-refractivity contribution in [3.63, 3.8) is 0 Å². The summed E-state index contributed by atoms with van der Waals surface area (Å²) in [7, 11) is 0. The Hall–Kier alpha value is -3.53. The number of nitriles is 1. The van der Waals surface area contributed by atoms with E-state index in [4.69, 9.17) is 4.98 Å². The summed E-state index contributed by atoms with van der Waals surface area (Å²) in [5, 5.41) is 10.3. The fourth-order valence-corrected chi connectivity index (χ4v) is 7.45. The van der Waals surface area contributed by atoms with E-state index < -0.39 is 0 Å². The molecule has 4 aromatic rings. The number of para-hydroxylation sites is 2. The van der Waals surface area contributed by atoms with E-state index in [1.807, 2.05) is 60.4 Å². The predicted octanol–water partition coefficient (Wildman–Crippen LogP) is 7.93. The van der Waals surface area contributed by atoms with Crippen molar-refractivity contribution in [1.82, 2.24) is 4.98 Å². The number of aromatic nitrogens is 1. The first-order chi connectivity index (χ1) is 18.7. The molecule has 0 bridgehead atoms. The van der Waals surface area contributed by atoms with E-state index in [-0.39, 0.29) is 11.2 Å². The van der Waals surface area contributed by atoms with Gasteiger partial charge in [-0.3, -0.25) is 9.69 Å². The zero-order valence-electron chi connectivity index (χ0n) is 21.1. The number of amides is 1. The molecule has 4 nitrogen and oxygen atoms in total. The molecule has 38 heavy (non-hydrogen) atoms. The number of benzene rings is 3. The number of carbonyl (C=O) groups excluding carboxylic acids is 1. The third-order valence-corrected chi connectivity index (χ3v) is 9.78. The van der Waals surface area contributed by atoms with Gasteiger partial charge in [-0.15, -0.1) is 0 Å². The van der Waals surface area contributed by atoms with Crippen LogP contribution in [-0.2, 0) is 17.6 Å².